The summed E-state index contributed by atoms with van der Waals surface area (Å²) in [6.45, 7) is 2.04. The van der Waals surface area contributed by atoms with Gasteiger partial charge in [-0.05, 0) is 23.6 Å². The fraction of sp³-hybridized carbons (Fsp3) is 0.368. The molecule has 25 heavy (non-hydrogen) atoms. The summed E-state index contributed by atoms with van der Waals surface area (Å²) in [5.74, 6) is -0.216. The van der Waals surface area contributed by atoms with Crippen molar-refractivity contribution < 1.29 is 22.6 Å². The van der Waals surface area contributed by atoms with Crippen LogP contribution in [0, 0.1) is 0 Å². The number of benzene rings is 2. The van der Waals surface area contributed by atoms with E-state index in [1.165, 1.54) is 6.07 Å². The zero-order chi connectivity index (χ0) is 17.7. The molecule has 1 saturated heterocycles. The average Bonchev–Trinajstić information content (AvgIpc) is 2.61. The van der Waals surface area contributed by atoms with Crippen molar-refractivity contribution in [2.24, 2.45) is 0 Å². The molecule has 0 radical (unpaired) electrons. The molecule has 0 amide bonds. The topological polar surface area (TPSA) is 30.5 Å². The second-order valence-electron chi connectivity index (χ2n) is 5.99. The van der Waals surface area contributed by atoms with Gasteiger partial charge in [0.2, 0.25) is 0 Å². The van der Waals surface area contributed by atoms with Gasteiger partial charge in [0.05, 0.1) is 12.7 Å². The third-order valence-electron chi connectivity index (χ3n) is 4.27. The van der Waals surface area contributed by atoms with Crippen molar-refractivity contribution in [3.8, 4) is 5.75 Å². The number of nitrogens with one attached hydrogen (secondary N) is 1. The molecular formula is C19H20F3NO2. The molecule has 0 aliphatic carbocycles. The number of rotatable bonds is 5. The van der Waals surface area contributed by atoms with Crippen LogP contribution in [0.4, 0.5) is 13.2 Å². The van der Waals surface area contributed by atoms with Crippen LogP contribution in [-0.4, -0.2) is 32.2 Å². The van der Waals surface area contributed by atoms with Crippen LogP contribution >= 0.6 is 0 Å². The Kier molecular flexibility index (Phi) is 5.60. The summed E-state index contributed by atoms with van der Waals surface area (Å²) in [4.78, 5) is 0. The molecule has 1 fully saturated rings. The van der Waals surface area contributed by atoms with E-state index in [2.05, 4.69) is 10.1 Å². The summed E-state index contributed by atoms with van der Waals surface area (Å²) < 4.78 is 48.1. The van der Waals surface area contributed by atoms with E-state index in [1.54, 1.807) is 18.2 Å². The first-order valence-corrected chi connectivity index (χ1v) is 8.24. The number of ether oxygens (including phenoxy) is 2. The molecule has 0 aromatic heterocycles. The fourth-order valence-electron chi connectivity index (χ4n) is 3.14. The Balaban J connectivity index is 1.88. The Morgan fingerprint density at radius 3 is 2.48 bits per heavy atom. The lowest BCUT2D eigenvalue weighted by Gasteiger charge is -2.32. The number of alkyl halides is 3. The van der Waals surface area contributed by atoms with Gasteiger partial charge in [-0.2, -0.15) is 0 Å². The van der Waals surface area contributed by atoms with E-state index < -0.39 is 6.36 Å². The maximum Gasteiger partial charge on any atom is 0.573 e. The highest BCUT2D eigenvalue weighted by Gasteiger charge is 2.33. The maximum absolute atomic E-state index is 12.7. The highest BCUT2D eigenvalue weighted by Crippen LogP contribution is 2.33. The monoisotopic (exact) mass is 351 g/mol. The van der Waals surface area contributed by atoms with E-state index in [0.717, 1.165) is 12.1 Å². The van der Waals surface area contributed by atoms with Crippen LogP contribution in [0.1, 0.15) is 17.0 Å². The molecule has 3 nitrogen and oxygen atoms in total. The van der Waals surface area contributed by atoms with Gasteiger partial charge in [0, 0.05) is 19.0 Å². The van der Waals surface area contributed by atoms with Crippen molar-refractivity contribution in [1.82, 2.24) is 5.32 Å². The molecule has 0 bridgehead atoms. The molecule has 1 N–H and O–H groups in total. The lowest BCUT2D eigenvalue weighted by atomic mass is 9.86. The number of morpholine rings is 1. The Labute approximate surface area is 144 Å². The smallest absolute Gasteiger partial charge is 0.406 e. The van der Waals surface area contributed by atoms with Crippen LogP contribution < -0.4 is 10.1 Å². The number of para-hydroxylation sites is 1. The third-order valence-corrected chi connectivity index (χ3v) is 4.27. The first-order valence-electron chi connectivity index (χ1n) is 8.24. The van der Waals surface area contributed by atoms with Crippen molar-refractivity contribution in [3.05, 3.63) is 65.7 Å². The van der Waals surface area contributed by atoms with E-state index in [1.807, 2.05) is 30.3 Å². The van der Waals surface area contributed by atoms with Crippen LogP contribution in [-0.2, 0) is 11.2 Å². The second kappa shape index (κ2) is 7.89. The van der Waals surface area contributed by atoms with Crippen molar-refractivity contribution in [1.29, 1.82) is 0 Å². The molecule has 1 aliphatic heterocycles. The van der Waals surface area contributed by atoms with Crippen molar-refractivity contribution in [2.45, 2.75) is 24.8 Å². The van der Waals surface area contributed by atoms with Crippen LogP contribution in [0.25, 0.3) is 0 Å². The predicted molar refractivity (Wildman–Crippen MR) is 88.6 cm³/mol. The maximum atomic E-state index is 12.7. The molecule has 2 atom stereocenters. The lowest BCUT2D eigenvalue weighted by Crippen LogP contribution is -2.42. The Morgan fingerprint density at radius 2 is 1.80 bits per heavy atom. The molecule has 2 aromatic rings. The molecule has 3 rings (SSSR count). The van der Waals surface area contributed by atoms with Gasteiger partial charge in [0.25, 0.3) is 0 Å². The molecule has 2 aromatic carbocycles. The van der Waals surface area contributed by atoms with E-state index in [9.17, 15) is 13.2 Å². The Morgan fingerprint density at radius 1 is 1.08 bits per heavy atom. The SMILES string of the molecule is FC(F)(F)Oc1ccccc1CC(c1ccccc1)[C@@H]1CNCCO1. The lowest BCUT2D eigenvalue weighted by molar-refractivity contribution is -0.274. The van der Waals surface area contributed by atoms with Gasteiger partial charge < -0.3 is 14.8 Å². The molecular weight excluding hydrogens is 331 g/mol. The largest absolute Gasteiger partial charge is 0.573 e. The summed E-state index contributed by atoms with van der Waals surface area (Å²) in [5, 5.41) is 3.29. The van der Waals surface area contributed by atoms with E-state index in [4.69, 9.17) is 4.74 Å². The second-order valence-corrected chi connectivity index (χ2v) is 5.99. The van der Waals surface area contributed by atoms with Gasteiger partial charge in [-0.1, -0.05) is 48.5 Å². The zero-order valence-electron chi connectivity index (χ0n) is 13.6. The van der Waals surface area contributed by atoms with Gasteiger partial charge in [0.1, 0.15) is 5.75 Å². The number of halogens is 3. The molecule has 1 aliphatic rings. The van der Waals surface area contributed by atoms with Gasteiger partial charge >= 0.3 is 6.36 Å². The molecule has 0 saturated carbocycles. The minimum atomic E-state index is -4.71. The molecule has 6 heteroatoms. The zero-order valence-corrected chi connectivity index (χ0v) is 13.6. The third kappa shape index (κ3) is 4.96. The minimum Gasteiger partial charge on any atom is -0.406 e. The Hall–Kier alpha value is -2.05. The van der Waals surface area contributed by atoms with Gasteiger partial charge in [0.15, 0.2) is 0 Å². The van der Waals surface area contributed by atoms with Gasteiger partial charge in [-0.25, -0.2) is 0 Å². The van der Waals surface area contributed by atoms with Crippen LogP contribution in [0.3, 0.4) is 0 Å². The highest BCUT2D eigenvalue weighted by molar-refractivity contribution is 5.36. The average molecular weight is 351 g/mol. The number of hydrogen-bond donors (Lipinski definition) is 1. The molecule has 134 valence electrons. The Bertz CT molecular complexity index is 670. The first kappa shape index (κ1) is 17.8. The predicted octanol–water partition coefficient (Wildman–Crippen LogP) is 3.90. The molecule has 1 unspecified atom stereocenters. The van der Waals surface area contributed by atoms with Crippen molar-refractivity contribution >= 4 is 0 Å². The number of hydrogen-bond acceptors (Lipinski definition) is 3. The van der Waals surface area contributed by atoms with Crippen molar-refractivity contribution in [3.63, 3.8) is 0 Å². The summed E-state index contributed by atoms with van der Waals surface area (Å²) >= 11 is 0. The quantitative estimate of drug-likeness (QED) is 0.886. The summed E-state index contributed by atoms with van der Waals surface area (Å²) in [7, 11) is 0. The van der Waals surface area contributed by atoms with Crippen LogP contribution in [0.15, 0.2) is 54.6 Å². The highest BCUT2D eigenvalue weighted by atomic mass is 19.4. The summed E-state index contributed by atoms with van der Waals surface area (Å²) in [6, 6.07) is 16.0. The van der Waals surface area contributed by atoms with Crippen molar-refractivity contribution in [2.75, 3.05) is 19.7 Å². The summed E-state index contributed by atoms with van der Waals surface area (Å²) in [6.07, 6.45) is -4.40. The van der Waals surface area contributed by atoms with Gasteiger partial charge in [-0.3, -0.25) is 0 Å². The molecule has 0 spiro atoms. The van der Waals surface area contributed by atoms with Crippen LogP contribution in [0.2, 0.25) is 0 Å². The first-order chi connectivity index (χ1) is 12.0. The molecule has 1 heterocycles. The van der Waals surface area contributed by atoms with Crippen LogP contribution in [0.5, 0.6) is 5.75 Å². The van der Waals surface area contributed by atoms with E-state index in [-0.39, 0.29) is 17.8 Å². The fourth-order valence-corrected chi connectivity index (χ4v) is 3.14. The normalized spacial score (nSPS) is 19.4. The van der Waals surface area contributed by atoms with Gasteiger partial charge in [-0.15, -0.1) is 13.2 Å². The standard InChI is InChI=1S/C19H20F3NO2/c20-19(21,22)25-17-9-5-4-8-15(17)12-16(14-6-2-1-3-7-14)18-13-23-10-11-24-18/h1-9,16,18,23H,10-13H2/t16?,18-/m0/s1. The van der Waals surface area contributed by atoms with E-state index in [0.29, 0.717) is 25.1 Å². The minimum absolute atomic E-state index is 0.0630. The summed E-state index contributed by atoms with van der Waals surface area (Å²) in [5.41, 5.74) is 1.56. The van der Waals surface area contributed by atoms with E-state index >= 15 is 0 Å².